The summed E-state index contributed by atoms with van der Waals surface area (Å²) in [5, 5.41) is 10.0. The second-order valence-electron chi connectivity index (χ2n) is 5.62. The molecule has 0 aromatic carbocycles. The molecule has 2 fully saturated rings. The molecule has 22 heavy (non-hydrogen) atoms. The van der Waals surface area contributed by atoms with Crippen LogP contribution in [0.3, 0.4) is 0 Å². The Morgan fingerprint density at radius 3 is 3.00 bits per heavy atom. The summed E-state index contributed by atoms with van der Waals surface area (Å²) in [7, 11) is 0. The molecule has 2 saturated heterocycles. The van der Waals surface area contributed by atoms with Crippen molar-refractivity contribution >= 4 is 0 Å². The van der Waals surface area contributed by atoms with Gasteiger partial charge in [0.2, 0.25) is 0 Å². The molecule has 4 atom stereocenters. The number of aromatic nitrogens is 2. The minimum absolute atomic E-state index is 0.121. The molecule has 0 amide bonds. The van der Waals surface area contributed by atoms with Gasteiger partial charge in [0.15, 0.2) is 0 Å². The van der Waals surface area contributed by atoms with E-state index in [1.54, 1.807) is 0 Å². The highest BCUT2D eigenvalue weighted by atomic mass is 16.6. The lowest BCUT2D eigenvalue weighted by Crippen LogP contribution is -2.32. The molecule has 1 aromatic rings. The van der Waals surface area contributed by atoms with Gasteiger partial charge in [-0.1, -0.05) is 0 Å². The number of H-pyrrole nitrogens is 1. The predicted octanol–water partition coefficient (Wildman–Crippen LogP) is -0.619. The second-order valence-corrected chi connectivity index (χ2v) is 5.62. The number of rotatable bonds is 5. The van der Waals surface area contributed by atoms with Gasteiger partial charge in [-0.2, -0.15) is 0 Å². The third-order valence-electron chi connectivity index (χ3n) is 3.98. The van der Waals surface area contributed by atoms with Gasteiger partial charge in [0.05, 0.1) is 25.4 Å². The van der Waals surface area contributed by atoms with Gasteiger partial charge >= 0.3 is 5.69 Å². The molecule has 0 spiro atoms. The molecule has 8 heteroatoms. The summed E-state index contributed by atoms with van der Waals surface area (Å²) in [6.07, 6.45) is 2.00. The Morgan fingerprint density at radius 1 is 1.41 bits per heavy atom. The van der Waals surface area contributed by atoms with E-state index >= 15 is 0 Å². The summed E-state index contributed by atoms with van der Waals surface area (Å²) in [4.78, 5) is 25.0. The van der Waals surface area contributed by atoms with Crippen LogP contribution in [0.4, 0.5) is 0 Å². The molecule has 2 aliphatic heterocycles. The van der Waals surface area contributed by atoms with Gasteiger partial charge in [-0.05, 0) is 12.8 Å². The first-order chi connectivity index (χ1) is 10.6. The maximum Gasteiger partial charge on any atom is 0.330 e. The number of aromatic amines is 1. The average molecular weight is 312 g/mol. The van der Waals surface area contributed by atoms with Crippen LogP contribution in [0.2, 0.25) is 0 Å². The van der Waals surface area contributed by atoms with Gasteiger partial charge in [-0.15, -0.1) is 0 Å². The number of aliphatic hydroxyl groups excluding tert-OH is 1. The molecule has 1 unspecified atom stereocenters. The van der Waals surface area contributed by atoms with E-state index in [1.807, 2.05) is 0 Å². The number of ether oxygens (including phenoxy) is 3. The summed E-state index contributed by atoms with van der Waals surface area (Å²) in [5.74, 6) is 0. The van der Waals surface area contributed by atoms with Gasteiger partial charge in [-0.25, -0.2) is 4.79 Å². The summed E-state index contributed by atoms with van der Waals surface area (Å²) < 4.78 is 17.9. The molecule has 3 rings (SSSR count). The first kappa shape index (κ1) is 15.4. The lowest BCUT2D eigenvalue weighted by atomic mass is 10.2. The van der Waals surface area contributed by atoms with Crippen LogP contribution in [-0.4, -0.2) is 52.8 Å². The van der Waals surface area contributed by atoms with Gasteiger partial charge in [0.1, 0.15) is 12.3 Å². The molecule has 0 saturated carbocycles. The highest BCUT2D eigenvalue weighted by Gasteiger charge is 2.35. The Kier molecular flexibility index (Phi) is 4.72. The number of nitrogens with zero attached hydrogens (tertiary/aromatic N) is 1. The summed E-state index contributed by atoms with van der Waals surface area (Å²) >= 11 is 0. The lowest BCUT2D eigenvalue weighted by Gasteiger charge is -2.17. The number of hydrogen-bond acceptors (Lipinski definition) is 6. The van der Waals surface area contributed by atoms with Crippen LogP contribution in [0.5, 0.6) is 0 Å². The number of nitrogens with one attached hydrogen (secondary N) is 1. The van der Waals surface area contributed by atoms with E-state index in [9.17, 15) is 14.7 Å². The van der Waals surface area contributed by atoms with Crippen molar-refractivity contribution < 1.29 is 19.3 Å². The highest BCUT2D eigenvalue weighted by Crippen LogP contribution is 2.27. The largest absolute Gasteiger partial charge is 0.390 e. The number of aliphatic hydroxyl groups is 1. The molecule has 2 N–H and O–H groups in total. The molecule has 0 radical (unpaired) electrons. The fraction of sp³-hybridized carbons (Fsp3) is 0.714. The van der Waals surface area contributed by atoms with Crippen molar-refractivity contribution in [3.8, 4) is 0 Å². The van der Waals surface area contributed by atoms with E-state index in [-0.39, 0.29) is 19.1 Å². The summed E-state index contributed by atoms with van der Waals surface area (Å²) in [5.41, 5.74) is -1.01. The van der Waals surface area contributed by atoms with Crippen LogP contribution in [-0.2, 0) is 14.2 Å². The minimum Gasteiger partial charge on any atom is -0.390 e. The van der Waals surface area contributed by atoms with Crippen LogP contribution < -0.4 is 11.2 Å². The zero-order valence-corrected chi connectivity index (χ0v) is 12.1. The molecule has 0 aliphatic carbocycles. The van der Waals surface area contributed by atoms with Gasteiger partial charge < -0.3 is 19.3 Å². The Bertz CT molecular complexity index is 606. The van der Waals surface area contributed by atoms with E-state index in [4.69, 9.17) is 14.2 Å². The molecule has 3 heterocycles. The van der Waals surface area contributed by atoms with Crippen LogP contribution in [0.15, 0.2) is 21.9 Å². The predicted molar refractivity (Wildman–Crippen MR) is 75.6 cm³/mol. The standard InChI is InChI=1S/C14H20N2O6/c17-10-6-13(16-4-3-12(18)15-14(16)19)22-11(10)8-20-7-9-2-1-5-21-9/h3-4,9-11,13,17H,1-2,5-8H2,(H,15,18,19)/t9?,10-,11+,13+/m0/s1. The van der Waals surface area contributed by atoms with Crippen molar-refractivity contribution in [3.63, 3.8) is 0 Å². The van der Waals surface area contributed by atoms with Crippen LogP contribution in [0, 0.1) is 0 Å². The second kappa shape index (κ2) is 6.74. The first-order valence-electron chi connectivity index (χ1n) is 7.48. The SMILES string of the molecule is O=c1ccn([C@H]2C[C@H](O)[C@@H](COCC3CCCO3)O2)c(=O)[nH]1. The molecular weight excluding hydrogens is 292 g/mol. The third kappa shape index (κ3) is 3.46. The number of hydrogen-bond donors (Lipinski definition) is 2. The van der Waals surface area contributed by atoms with Crippen molar-refractivity contribution in [1.29, 1.82) is 0 Å². The van der Waals surface area contributed by atoms with Gasteiger partial charge in [0.25, 0.3) is 5.56 Å². The van der Waals surface area contributed by atoms with E-state index in [1.165, 1.54) is 16.8 Å². The van der Waals surface area contributed by atoms with E-state index in [0.717, 1.165) is 19.4 Å². The van der Waals surface area contributed by atoms with Crippen molar-refractivity contribution in [2.45, 2.75) is 43.8 Å². The monoisotopic (exact) mass is 312 g/mol. The first-order valence-corrected chi connectivity index (χ1v) is 7.48. The van der Waals surface area contributed by atoms with Crippen LogP contribution in [0.1, 0.15) is 25.5 Å². The molecule has 8 nitrogen and oxygen atoms in total. The molecule has 122 valence electrons. The summed E-state index contributed by atoms with van der Waals surface area (Å²) in [6.45, 7) is 1.50. The summed E-state index contributed by atoms with van der Waals surface area (Å²) in [6, 6.07) is 1.25. The van der Waals surface area contributed by atoms with Crippen molar-refractivity contribution in [2.24, 2.45) is 0 Å². The average Bonchev–Trinajstić information content (AvgIpc) is 3.10. The Morgan fingerprint density at radius 2 is 2.27 bits per heavy atom. The van der Waals surface area contributed by atoms with E-state index in [0.29, 0.717) is 6.61 Å². The molecule has 2 aliphatic rings. The maximum atomic E-state index is 11.7. The Hall–Kier alpha value is -1.48. The maximum absolute atomic E-state index is 11.7. The molecule has 1 aromatic heterocycles. The van der Waals surface area contributed by atoms with Gasteiger partial charge in [0, 0.05) is 25.3 Å². The fourth-order valence-corrected chi connectivity index (χ4v) is 2.78. The van der Waals surface area contributed by atoms with Crippen LogP contribution >= 0.6 is 0 Å². The highest BCUT2D eigenvalue weighted by molar-refractivity contribution is 4.88. The van der Waals surface area contributed by atoms with Gasteiger partial charge in [-0.3, -0.25) is 14.3 Å². The quantitative estimate of drug-likeness (QED) is 0.751. The zero-order valence-electron chi connectivity index (χ0n) is 12.1. The molecule has 0 bridgehead atoms. The fourth-order valence-electron chi connectivity index (χ4n) is 2.78. The normalized spacial score (nSPS) is 31.7. The van der Waals surface area contributed by atoms with E-state index < -0.39 is 29.7 Å². The van der Waals surface area contributed by atoms with E-state index in [2.05, 4.69) is 4.98 Å². The van der Waals surface area contributed by atoms with Crippen molar-refractivity contribution in [3.05, 3.63) is 33.1 Å². The van der Waals surface area contributed by atoms with Crippen molar-refractivity contribution in [2.75, 3.05) is 19.8 Å². The van der Waals surface area contributed by atoms with Crippen molar-refractivity contribution in [1.82, 2.24) is 9.55 Å². The smallest absolute Gasteiger partial charge is 0.330 e. The lowest BCUT2D eigenvalue weighted by molar-refractivity contribution is -0.0768. The Balaban J connectivity index is 1.54. The molecular formula is C14H20N2O6. The van der Waals surface area contributed by atoms with Crippen LogP contribution in [0.25, 0.3) is 0 Å². The Labute approximate surface area is 126 Å². The zero-order chi connectivity index (χ0) is 15.5. The third-order valence-corrected chi connectivity index (χ3v) is 3.98. The minimum atomic E-state index is -0.715. The topological polar surface area (TPSA) is 103 Å².